The maximum absolute atomic E-state index is 5.13. The molecule has 1 atom stereocenters. The van der Waals surface area contributed by atoms with Gasteiger partial charge in [-0.1, -0.05) is 12.1 Å². The van der Waals surface area contributed by atoms with Gasteiger partial charge in [-0.05, 0) is 43.5 Å². The van der Waals surface area contributed by atoms with E-state index in [4.69, 9.17) is 4.74 Å². The number of hydrogen-bond donors (Lipinski definition) is 2. The van der Waals surface area contributed by atoms with Gasteiger partial charge in [0, 0.05) is 6.54 Å². The molecular weight excluding hydrogens is 200 g/mol. The Morgan fingerprint density at radius 3 is 2.81 bits per heavy atom. The van der Waals surface area contributed by atoms with Crippen LogP contribution in [-0.2, 0) is 6.42 Å². The zero-order valence-corrected chi connectivity index (χ0v) is 9.83. The fraction of sp³-hybridized carbons (Fsp3) is 0.538. The maximum atomic E-state index is 5.13. The first-order valence-corrected chi connectivity index (χ1v) is 5.98. The van der Waals surface area contributed by atoms with Crippen LogP contribution in [-0.4, -0.2) is 26.4 Å². The minimum absolute atomic E-state index is 0.526. The maximum Gasteiger partial charge on any atom is 0.118 e. The molecule has 16 heavy (non-hydrogen) atoms. The van der Waals surface area contributed by atoms with Crippen molar-refractivity contribution >= 4 is 0 Å². The highest BCUT2D eigenvalue weighted by molar-refractivity contribution is 5.27. The number of benzene rings is 1. The van der Waals surface area contributed by atoms with Crippen LogP contribution >= 0.6 is 0 Å². The Morgan fingerprint density at radius 2 is 2.19 bits per heavy atom. The van der Waals surface area contributed by atoms with Gasteiger partial charge in [0.2, 0.25) is 0 Å². The molecule has 1 saturated heterocycles. The van der Waals surface area contributed by atoms with Crippen LogP contribution in [0, 0.1) is 0 Å². The van der Waals surface area contributed by atoms with Crippen LogP contribution in [0.25, 0.3) is 0 Å². The molecule has 3 nitrogen and oxygen atoms in total. The smallest absolute Gasteiger partial charge is 0.118 e. The summed E-state index contributed by atoms with van der Waals surface area (Å²) in [5.41, 5.74) is 1.35. The van der Waals surface area contributed by atoms with Gasteiger partial charge < -0.3 is 15.4 Å². The molecule has 1 aliphatic heterocycles. The Bertz CT molecular complexity index is 304. The van der Waals surface area contributed by atoms with Gasteiger partial charge in [-0.15, -0.1) is 0 Å². The van der Waals surface area contributed by atoms with E-state index < -0.39 is 0 Å². The lowest BCUT2D eigenvalue weighted by atomic mass is 10.1. The molecule has 2 N–H and O–H groups in total. The van der Waals surface area contributed by atoms with Crippen LogP contribution in [0.3, 0.4) is 0 Å². The zero-order valence-electron chi connectivity index (χ0n) is 9.83. The summed E-state index contributed by atoms with van der Waals surface area (Å²) in [6, 6.07) is 8.29. The number of rotatable bonds is 5. The lowest BCUT2D eigenvalue weighted by Gasteiger charge is -2.12. The Hall–Kier alpha value is -1.06. The Kier molecular flexibility index (Phi) is 4.19. The van der Waals surface area contributed by atoms with Crippen molar-refractivity contribution in [2.45, 2.75) is 25.4 Å². The average Bonchev–Trinajstić information content (AvgIpc) is 2.83. The third-order valence-electron chi connectivity index (χ3n) is 3.02. The van der Waals surface area contributed by atoms with Gasteiger partial charge in [0.05, 0.1) is 13.3 Å². The first-order valence-electron chi connectivity index (χ1n) is 5.98. The lowest BCUT2D eigenvalue weighted by molar-refractivity contribution is 0.414. The number of methoxy groups -OCH3 is 1. The van der Waals surface area contributed by atoms with Crippen molar-refractivity contribution in [3.8, 4) is 5.75 Å². The molecule has 1 aromatic carbocycles. The molecule has 1 unspecified atom stereocenters. The van der Waals surface area contributed by atoms with Crippen molar-refractivity contribution < 1.29 is 4.74 Å². The van der Waals surface area contributed by atoms with Gasteiger partial charge in [-0.3, -0.25) is 0 Å². The minimum atomic E-state index is 0.526. The number of hydrogen-bond acceptors (Lipinski definition) is 3. The van der Waals surface area contributed by atoms with Crippen LogP contribution in [0.5, 0.6) is 5.75 Å². The normalized spacial score (nSPS) is 19.9. The highest BCUT2D eigenvalue weighted by Crippen LogP contribution is 2.11. The van der Waals surface area contributed by atoms with Crippen LogP contribution in [0.4, 0.5) is 0 Å². The molecule has 0 aliphatic carbocycles. The molecule has 0 amide bonds. The molecule has 1 heterocycles. The summed E-state index contributed by atoms with van der Waals surface area (Å²) in [6.07, 6.45) is 4.14. The van der Waals surface area contributed by atoms with Crippen molar-refractivity contribution in [3.05, 3.63) is 29.8 Å². The molecule has 2 rings (SSSR count). The third-order valence-corrected chi connectivity index (χ3v) is 3.02. The summed E-state index contributed by atoms with van der Waals surface area (Å²) in [5, 5.41) is 6.95. The predicted molar refractivity (Wildman–Crippen MR) is 65.7 cm³/mol. The van der Waals surface area contributed by atoms with Crippen LogP contribution in [0.15, 0.2) is 24.3 Å². The lowest BCUT2D eigenvalue weighted by Crippen LogP contribution is -2.38. The monoisotopic (exact) mass is 220 g/mol. The van der Waals surface area contributed by atoms with Gasteiger partial charge >= 0.3 is 0 Å². The molecule has 0 spiro atoms. The molecule has 88 valence electrons. The molecule has 0 bridgehead atoms. The average molecular weight is 220 g/mol. The summed E-state index contributed by atoms with van der Waals surface area (Å²) < 4.78 is 5.13. The molecule has 1 aromatic rings. The first-order chi connectivity index (χ1) is 7.88. The van der Waals surface area contributed by atoms with Crippen molar-refractivity contribution in [1.82, 2.24) is 10.6 Å². The minimum Gasteiger partial charge on any atom is -0.497 e. The van der Waals surface area contributed by atoms with E-state index in [9.17, 15) is 0 Å². The van der Waals surface area contributed by atoms with Crippen molar-refractivity contribution in [3.63, 3.8) is 0 Å². The molecule has 1 fully saturated rings. The Labute approximate surface area is 97.2 Å². The van der Waals surface area contributed by atoms with Gasteiger partial charge in [0.25, 0.3) is 0 Å². The van der Waals surface area contributed by atoms with E-state index >= 15 is 0 Å². The van der Waals surface area contributed by atoms with E-state index in [1.165, 1.54) is 18.4 Å². The molecule has 0 radical (unpaired) electrons. The van der Waals surface area contributed by atoms with E-state index in [1.54, 1.807) is 7.11 Å². The van der Waals surface area contributed by atoms with Crippen LogP contribution in [0.2, 0.25) is 0 Å². The quantitative estimate of drug-likeness (QED) is 0.789. The van der Waals surface area contributed by atoms with E-state index in [1.807, 2.05) is 12.1 Å². The SMILES string of the molecule is COc1ccc(CCNC2CCCN2)cc1. The molecule has 1 aliphatic rings. The van der Waals surface area contributed by atoms with Crippen LogP contribution < -0.4 is 15.4 Å². The molecular formula is C13H20N2O. The number of nitrogens with one attached hydrogen (secondary N) is 2. The molecule has 0 saturated carbocycles. The molecule has 3 heteroatoms. The van der Waals surface area contributed by atoms with E-state index in [0.717, 1.165) is 25.3 Å². The standard InChI is InChI=1S/C13H20N2O/c1-16-12-6-4-11(5-7-12)8-10-15-13-3-2-9-14-13/h4-7,13-15H,2-3,8-10H2,1H3. The van der Waals surface area contributed by atoms with Gasteiger partial charge in [0.1, 0.15) is 5.75 Å². The van der Waals surface area contributed by atoms with Crippen LogP contribution in [0.1, 0.15) is 18.4 Å². The van der Waals surface area contributed by atoms with Crippen molar-refractivity contribution in [2.24, 2.45) is 0 Å². The Balaban J connectivity index is 1.71. The second-order valence-corrected chi connectivity index (χ2v) is 4.20. The highest BCUT2D eigenvalue weighted by atomic mass is 16.5. The van der Waals surface area contributed by atoms with E-state index in [0.29, 0.717) is 6.17 Å². The summed E-state index contributed by atoms with van der Waals surface area (Å²) in [6.45, 7) is 2.18. The molecule has 0 aromatic heterocycles. The fourth-order valence-electron chi connectivity index (χ4n) is 2.04. The first kappa shape index (κ1) is 11.4. The second kappa shape index (κ2) is 5.87. The summed E-state index contributed by atoms with van der Waals surface area (Å²) in [7, 11) is 1.70. The van der Waals surface area contributed by atoms with Gasteiger partial charge in [0.15, 0.2) is 0 Å². The summed E-state index contributed by atoms with van der Waals surface area (Å²) in [5.74, 6) is 0.925. The zero-order chi connectivity index (χ0) is 11.2. The van der Waals surface area contributed by atoms with Crippen molar-refractivity contribution in [1.29, 1.82) is 0 Å². The fourth-order valence-corrected chi connectivity index (χ4v) is 2.04. The van der Waals surface area contributed by atoms with Gasteiger partial charge in [-0.2, -0.15) is 0 Å². The Morgan fingerprint density at radius 1 is 1.38 bits per heavy atom. The number of ether oxygens (including phenoxy) is 1. The second-order valence-electron chi connectivity index (χ2n) is 4.20. The van der Waals surface area contributed by atoms with E-state index in [2.05, 4.69) is 22.8 Å². The predicted octanol–water partition coefficient (Wildman–Crippen LogP) is 1.54. The van der Waals surface area contributed by atoms with Crippen molar-refractivity contribution in [2.75, 3.05) is 20.2 Å². The van der Waals surface area contributed by atoms with E-state index in [-0.39, 0.29) is 0 Å². The largest absolute Gasteiger partial charge is 0.497 e. The summed E-state index contributed by atoms with van der Waals surface area (Å²) >= 11 is 0. The third kappa shape index (κ3) is 3.22. The highest BCUT2D eigenvalue weighted by Gasteiger charge is 2.11. The topological polar surface area (TPSA) is 33.3 Å². The summed E-state index contributed by atoms with van der Waals surface area (Å²) in [4.78, 5) is 0. The van der Waals surface area contributed by atoms with Gasteiger partial charge in [-0.25, -0.2) is 0 Å².